The number of hydrogen-bond acceptors (Lipinski definition) is 4. The molecule has 0 aromatic rings. The number of rotatable bonds is 32. The number of aliphatic hydroxyl groups excluding tert-OH is 1. The van der Waals surface area contributed by atoms with Crippen LogP contribution in [0.25, 0.3) is 0 Å². The largest absolute Gasteiger partial charge is 0.383 e. The summed E-state index contributed by atoms with van der Waals surface area (Å²) in [4.78, 5) is 19.4. The third-order valence-corrected chi connectivity index (χ3v) is 9.07. The van der Waals surface area contributed by atoms with Gasteiger partial charge < -0.3 is 10.0 Å². The summed E-state index contributed by atoms with van der Waals surface area (Å²) in [6, 6.07) is 0. The Balaban J connectivity index is 1.94. The molecule has 1 heterocycles. The smallest absolute Gasteiger partial charge is 0.163 e. The SMILES string of the molecule is CCCCCCCCCCCCCCCCC1=NCCN1CC(O)C(=O)CCCCCCCCCCCCCCC. The number of Topliss-reactive ketones (excluding diaryl/α,β-unsaturated/α-hetero) is 1. The number of aliphatic imine (C=N–C) groups is 1. The minimum absolute atomic E-state index is 0.0239. The third kappa shape index (κ3) is 23.3. The molecule has 0 saturated carbocycles. The Morgan fingerprint density at radius 1 is 0.610 bits per heavy atom. The molecule has 4 nitrogen and oxygen atoms in total. The molecule has 0 spiro atoms. The van der Waals surface area contributed by atoms with E-state index in [1.807, 2.05) is 0 Å². The van der Waals surface area contributed by atoms with Crippen molar-refractivity contribution in [3.63, 3.8) is 0 Å². The van der Waals surface area contributed by atoms with Gasteiger partial charge in [-0.25, -0.2) is 0 Å². The lowest BCUT2D eigenvalue weighted by Crippen LogP contribution is -2.39. The van der Waals surface area contributed by atoms with Crippen molar-refractivity contribution >= 4 is 11.6 Å². The van der Waals surface area contributed by atoms with Gasteiger partial charge in [0.1, 0.15) is 6.10 Å². The van der Waals surface area contributed by atoms with Gasteiger partial charge in [-0.05, 0) is 12.8 Å². The molecule has 0 bridgehead atoms. The number of unbranched alkanes of at least 4 members (excludes halogenated alkanes) is 25. The highest BCUT2D eigenvalue weighted by Gasteiger charge is 2.23. The molecule has 1 aliphatic rings. The summed E-state index contributed by atoms with van der Waals surface area (Å²) in [5.41, 5.74) is 0. The van der Waals surface area contributed by atoms with E-state index in [0.717, 1.165) is 38.2 Å². The first-order chi connectivity index (χ1) is 20.2. The van der Waals surface area contributed by atoms with E-state index in [4.69, 9.17) is 0 Å². The molecule has 1 unspecified atom stereocenters. The number of carbonyl (C=O) groups excluding carboxylic acids is 1. The van der Waals surface area contributed by atoms with Crippen LogP contribution in [0.3, 0.4) is 0 Å². The topological polar surface area (TPSA) is 52.9 Å². The first kappa shape index (κ1) is 38.1. The Morgan fingerprint density at radius 2 is 0.976 bits per heavy atom. The van der Waals surface area contributed by atoms with Crippen LogP contribution in [0.1, 0.15) is 200 Å². The maximum atomic E-state index is 12.5. The van der Waals surface area contributed by atoms with Crippen molar-refractivity contribution in [1.29, 1.82) is 0 Å². The van der Waals surface area contributed by atoms with Crippen LogP contribution in [0, 0.1) is 0 Å². The van der Waals surface area contributed by atoms with Gasteiger partial charge in [-0.3, -0.25) is 9.79 Å². The number of ketones is 1. The van der Waals surface area contributed by atoms with E-state index in [2.05, 4.69) is 23.7 Å². The summed E-state index contributed by atoms with van der Waals surface area (Å²) >= 11 is 0. The molecule has 0 amide bonds. The highest BCUT2D eigenvalue weighted by atomic mass is 16.3. The third-order valence-electron chi connectivity index (χ3n) is 9.07. The molecule has 1 N–H and O–H groups in total. The number of hydrogen-bond donors (Lipinski definition) is 1. The van der Waals surface area contributed by atoms with E-state index in [-0.39, 0.29) is 5.78 Å². The van der Waals surface area contributed by atoms with Crippen LogP contribution in [0.15, 0.2) is 4.99 Å². The van der Waals surface area contributed by atoms with E-state index in [9.17, 15) is 9.90 Å². The highest BCUT2D eigenvalue weighted by Crippen LogP contribution is 2.16. The molecule has 1 aliphatic heterocycles. The predicted molar refractivity (Wildman–Crippen MR) is 180 cm³/mol. The molecule has 0 aromatic carbocycles. The fourth-order valence-electron chi connectivity index (χ4n) is 6.23. The minimum atomic E-state index is -0.855. The number of aliphatic hydroxyl groups is 1. The van der Waals surface area contributed by atoms with Crippen molar-refractivity contribution in [2.45, 2.75) is 206 Å². The molecule has 0 aliphatic carbocycles. The summed E-state index contributed by atoms with van der Waals surface area (Å²) in [5.74, 6) is 1.15. The Bertz CT molecular complexity index is 606. The van der Waals surface area contributed by atoms with Gasteiger partial charge in [0, 0.05) is 19.4 Å². The molecule has 0 fully saturated rings. The molecule has 242 valence electrons. The number of nitrogens with zero attached hydrogens (tertiary/aromatic N) is 2. The van der Waals surface area contributed by atoms with Crippen molar-refractivity contribution in [2.75, 3.05) is 19.6 Å². The monoisotopic (exact) mass is 577 g/mol. The van der Waals surface area contributed by atoms with Crippen LogP contribution in [0.4, 0.5) is 0 Å². The zero-order valence-electron chi connectivity index (χ0n) is 28.0. The second-order valence-corrected chi connectivity index (χ2v) is 13.1. The molecular weight excluding hydrogens is 504 g/mol. The molecule has 4 heteroatoms. The van der Waals surface area contributed by atoms with Gasteiger partial charge in [0.05, 0.1) is 18.9 Å². The fraction of sp³-hybridized carbons (Fsp3) is 0.946. The number of carbonyl (C=O) groups is 1. The van der Waals surface area contributed by atoms with E-state index in [1.54, 1.807) is 0 Å². The normalized spacial score (nSPS) is 14.1. The summed E-state index contributed by atoms with van der Waals surface area (Å²) in [6.07, 6.45) is 36.9. The van der Waals surface area contributed by atoms with Gasteiger partial charge in [-0.2, -0.15) is 0 Å². The van der Waals surface area contributed by atoms with Crippen LogP contribution in [0.2, 0.25) is 0 Å². The molecule has 1 atom stereocenters. The van der Waals surface area contributed by atoms with Crippen LogP contribution in [0.5, 0.6) is 0 Å². The predicted octanol–water partition coefficient (Wildman–Crippen LogP) is 11.0. The first-order valence-electron chi connectivity index (χ1n) is 18.7. The van der Waals surface area contributed by atoms with Gasteiger partial charge in [0.15, 0.2) is 5.78 Å². The summed E-state index contributed by atoms with van der Waals surface area (Å²) in [7, 11) is 0. The average molecular weight is 577 g/mol. The summed E-state index contributed by atoms with van der Waals surface area (Å²) < 4.78 is 0. The van der Waals surface area contributed by atoms with Crippen LogP contribution in [-0.4, -0.2) is 47.4 Å². The van der Waals surface area contributed by atoms with Gasteiger partial charge >= 0.3 is 0 Å². The zero-order valence-corrected chi connectivity index (χ0v) is 28.0. The summed E-state index contributed by atoms with van der Waals surface area (Å²) in [6.45, 7) is 6.67. The zero-order chi connectivity index (χ0) is 29.6. The van der Waals surface area contributed by atoms with Gasteiger partial charge in [0.25, 0.3) is 0 Å². The lowest BCUT2D eigenvalue weighted by molar-refractivity contribution is -0.127. The molecule has 0 saturated heterocycles. The Labute approximate surface area is 256 Å². The van der Waals surface area contributed by atoms with Gasteiger partial charge in [-0.15, -0.1) is 0 Å². The van der Waals surface area contributed by atoms with Crippen molar-refractivity contribution in [3.05, 3.63) is 0 Å². The van der Waals surface area contributed by atoms with Gasteiger partial charge in [0.2, 0.25) is 0 Å². The van der Waals surface area contributed by atoms with Gasteiger partial charge in [-0.1, -0.05) is 174 Å². The van der Waals surface area contributed by atoms with E-state index < -0.39 is 6.10 Å². The van der Waals surface area contributed by atoms with Crippen molar-refractivity contribution in [2.24, 2.45) is 4.99 Å². The lowest BCUT2D eigenvalue weighted by Gasteiger charge is -2.23. The van der Waals surface area contributed by atoms with Crippen molar-refractivity contribution in [3.8, 4) is 0 Å². The minimum Gasteiger partial charge on any atom is -0.383 e. The summed E-state index contributed by atoms with van der Waals surface area (Å²) in [5, 5.41) is 10.5. The average Bonchev–Trinajstić information content (AvgIpc) is 3.42. The second-order valence-electron chi connectivity index (χ2n) is 13.1. The van der Waals surface area contributed by atoms with E-state index >= 15 is 0 Å². The Morgan fingerprint density at radius 3 is 1.39 bits per heavy atom. The maximum Gasteiger partial charge on any atom is 0.163 e. The van der Waals surface area contributed by atoms with Crippen LogP contribution >= 0.6 is 0 Å². The number of β-amino-alcohol motifs (C(OH)–C–C–N with tert-alkyl or cyclic N) is 1. The first-order valence-corrected chi connectivity index (χ1v) is 18.7. The fourth-order valence-corrected chi connectivity index (χ4v) is 6.23. The quantitative estimate of drug-likeness (QED) is 0.0810. The molecule has 1 rings (SSSR count). The molecule has 0 aromatic heterocycles. The Hall–Kier alpha value is -0.900. The van der Waals surface area contributed by atoms with Crippen LogP contribution in [-0.2, 0) is 4.79 Å². The highest BCUT2D eigenvalue weighted by molar-refractivity contribution is 5.86. The number of amidine groups is 1. The van der Waals surface area contributed by atoms with Crippen LogP contribution < -0.4 is 0 Å². The maximum absolute atomic E-state index is 12.5. The molecular formula is C37H72N2O2. The molecule has 0 radical (unpaired) electrons. The lowest BCUT2D eigenvalue weighted by atomic mass is 10.0. The standard InChI is InChI=1S/C37H72N2O2/c1-3-5-7-9-11-13-15-17-19-21-23-25-27-29-31-37-38-32-33-39(37)34-36(41)35(40)30-28-26-24-22-20-18-16-14-12-10-8-6-4-2/h36,41H,3-34H2,1-2H3. The second kappa shape index (κ2) is 29.2. The van der Waals surface area contributed by atoms with E-state index in [0.29, 0.717) is 13.0 Å². The van der Waals surface area contributed by atoms with Crippen molar-refractivity contribution < 1.29 is 9.90 Å². The van der Waals surface area contributed by atoms with E-state index in [1.165, 1.54) is 161 Å². The molecule has 41 heavy (non-hydrogen) atoms. The Kier molecular flexibility index (Phi) is 27.1. The van der Waals surface area contributed by atoms with Crippen molar-refractivity contribution in [1.82, 2.24) is 4.90 Å².